The number of carbonyl (C=O) groups is 4. The fraction of sp³-hybridized carbons (Fsp3) is 0.0833. The third kappa shape index (κ3) is 4.67. The lowest BCUT2D eigenvalue weighted by Gasteiger charge is -2.12. The third-order valence-corrected chi connectivity index (χ3v) is 5.00. The van der Waals surface area contributed by atoms with Crippen LogP contribution in [0, 0.1) is 6.92 Å². The monoisotopic (exact) mass is 443 g/mol. The van der Waals surface area contributed by atoms with Gasteiger partial charge in [0.1, 0.15) is 12.2 Å². The van der Waals surface area contributed by atoms with Crippen LogP contribution in [0.5, 0.6) is 0 Å². The van der Waals surface area contributed by atoms with Gasteiger partial charge in [0.25, 0.3) is 5.91 Å². The lowest BCUT2D eigenvalue weighted by atomic mass is 10.2. The second-order valence-electron chi connectivity index (χ2n) is 7.44. The maximum absolute atomic E-state index is 12.8. The quantitative estimate of drug-likeness (QED) is 0.443. The van der Waals surface area contributed by atoms with Crippen LogP contribution >= 0.6 is 0 Å². The van der Waals surface area contributed by atoms with Crippen LogP contribution in [0.1, 0.15) is 21.6 Å². The largest absolute Gasteiger partial charge is 0.545 e. The fourth-order valence-electron chi connectivity index (χ4n) is 3.46. The number of aromatic carboxylic acids is 1. The predicted octanol–water partition coefficient (Wildman–Crippen LogP) is 1.68. The molecule has 0 saturated carbocycles. The molecule has 4 amide bonds. The van der Waals surface area contributed by atoms with Crippen LogP contribution < -0.4 is 15.7 Å². The van der Waals surface area contributed by atoms with Crippen LogP contribution in [-0.2, 0) is 9.59 Å². The Hall–Kier alpha value is -4.66. The van der Waals surface area contributed by atoms with E-state index in [1.54, 1.807) is 53.2 Å². The lowest BCUT2D eigenvalue weighted by molar-refractivity contribution is -0.255. The molecule has 2 N–H and O–H groups in total. The van der Waals surface area contributed by atoms with Gasteiger partial charge in [-0.05, 0) is 60.5 Å². The molecule has 9 nitrogen and oxygen atoms in total. The van der Waals surface area contributed by atoms with E-state index in [2.05, 4.69) is 10.6 Å². The molecule has 1 saturated heterocycles. The Morgan fingerprint density at radius 3 is 2.61 bits per heavy atom. The molecule has 166 valence electrons. The summed E-state index contributed by atoms with van der Waals surface area (Å²) in [5.41, 5.74) is 2.61. The molecular weight excluding hydrogens is 424 g/mol. The smallest absolute Gasteiger partial charge is 0.329 e. The van der Waals surface area contributed by atoms with Crippen molar-refractivity contribution in [2.24, 2.45) is 0 Å². The van der Waals surface area contributed by atoms with Crippen molar-refractivity contribution in [2.75, 3.05) is 11.9 Å². The van der Waals surface area contributed by atoms with Crippen LogP contribution in [0.15, 0.2) is 72.6 Å². The normalized spacial score (nSPS) is 14.5. The summed E-state index contributed by atoms with van der Waals surface area (Å²) in [7, 11) is 0. The van der Waals surface area contributed by atoms with Crippen LogP contribution in [0.2, 0.25) is 0 Å². The molecular formula is C24H19N4O5-. The molecule has 2 heterocycles. The van der Waals surface area contributed by atoms with E-state index >= 15 is 0 Å². The van der Waals surface area contributed by atoms with Gasteiger partial charge in [-0.25, -0.2) is 9.69 Å². The first-order valence-corrected chi connectivity index (χ1v) is 10.0. The highest BCUT2D eigenvalue weighted by Crippen LogP contribution is 2.19. The highest BCUT2D eigenvalue weighted by atomic mass is 16.4. The van der Waals surface area contributed by atoms with Crippen LogP contribution in [0.25, 0.3) is 11.8 Å². The summed E-state index contributed by atoms with van der Waals surface area (Å²) < 4.78 is 1.66. The highest BCUT2D eigenvalue weighted by Gasteiger charge is 2.35. The zero-order chi connectivity index (χ0) is 23.5. The van der Waals surface area contributed by atoms with Crippen molar-refractivity contribution in [1.82, 2.24) is 14.8 Å². The predicted molar refractivity (Wildman–Crippen MR) is 118 cm³/mol. The van der Waals surface area contributed by atoms with Gasteiger partial charge in [0.2, 0.25) is 5.91 Å². The molecule has 0 aliphatic carbocycles. The van der Waals surface area contributed by atoms with E-state index in [0.29, 0.717) is 17.1 Å². The van der Waals surface area contributed by atoms with Crippen LogP contribution in [0.4, 0.5) is 10.5 Å². The lowest BCUT2D eigenvalue weighted by Crippen LogP contribution is -2.38. The molecule has 2 aromatic carbocycles. The zero-order valence-electron chi connectivity index (χ0n) is 17.6. The first-order chi connectivity index (χ1) is 15.8. The van der Waals surface area contributed by atoms with E-state index in [9.17, 15) is 24.3 Å². The standard InChI is InChI=1S/C24H20N4O5/c1-15-5-2-7-17(11-15)25-21(29)14-28-22(30)20(26-24(28)33)13-19-9-4-10-27(19)18-8-3-6-16(12-18)23(31)32/h2-13H,14H2,1H3,(H,25,29)(H,26,33)(H,31,32)/p-1. The van der Waals surface area contributed by atoms with E-state index in [1.807, 2.05) is 13.0 Å². The van der Waals surface area contributed by atoms with Gasteiger partial charge in [-0.3, -0.25) is 9.59 Å². The Balaban J connectivity index is 1.52. The highest BCUT2D eigenvalue weighted by molar-refractivity contribution is 6.15. The van der Waals surface area contributed by atoms with E-state index < -0.39 is 30.4 Å². The first-order valence-electron chi connectivity index (χ1n) is 10.0. The van der Waals surface area contributed by atoms with Crippen LogP contribution in [-0.4, -0.2) is 39.8 Å². The van der Waals surface area contributed by atoms with Crippen molar-refractivity contribution in [2.45, 2.75) is 6.92 Å². The number of carbonyl (C=O) groups excluding carboxylic acids is 4. The summed E-state index contributed by atoms with van der Waals surface area (Å²) >= 11 is 0. The van der Waals surface area contributed by atoms with E-state index in [1.165, 1.54) is 18.2 Å². The summed E-state index contributed by atoms with van der Waals surface area (Å²) in [6, 6.07) is 16.0. The minimum absolute atomic E-state index is 0.000591. The van der Waals surface area contributed by atoms with Gasteiger partial charge in [0, 0.05) is 23.3 Å². The molecule has 0 spiro atoms. The molecule has 0 atom stereocenters. The van der Waals surface area contributed by atoms with Gasteiger partial charge in [-0.1, -0.05) is 24.3 Å². The number of carboxylic acid groups (broad SMARTS) is 1. The van der Waals surface area contributed by atoms with Gasteiger partial charge in [-0.15, -0.1) is 0 Å². The number of urea groups is 1. The summed E-state index contributed by atoms with van der Waals surface area (Å²) in [6.07, 6.45) is 3.15. The second kappa shape index (κ2) is 8.83. The number of hydrogen-bond acceptors (Lipinski definition) is 5. The summed E-state index contributed by atoms with van der Waals surface area (Å²) in [4.78, 5) is 49.4. The molecule has 0 radical (unpaired) electrons. The Morgan fingerprint density at radius 2 is 1.85 bits per heavy atom. The maximum atomic E-state index is 12.8. The van der Waals surface area contributed by atoms with Crippen molar-refractivity contribution in [3.05, 3.63) is 89.4 Å². The number of imide groups is 1. The molecule has 9 heteroatoms. The number of rotatable bonds is 6. The van der Waals surface area contributed by atoms with Crippen molar-refractivity contribution >= 4 is 35.6 Å². The summed E-state index contributed by atoms with van der Waals surface area (Å²) in [5, 5.41) is 16.3. The van der Waals surface area contributed by atoms with E-state index in [0.717, 1.165) is 10.5 Å². The Kier molecular flexibility index (Phi) is 5.77. The van der Waals surface area contributed by atoms with E-state index in [4.69, 9.17) is 0 Å². The Morgan fingerprint density at radius 1 is 1.06 bits per heavy atom. The molecule has 3 aromatic rings. The first kappa shape index (κ1) is 21.6. The minimum Gasteiger partial charge on any atom is -0.545 e. The number of nitrogens with one attached hydrogen (secondary N) is 2. The van der Waals surface area contributed by atoms with Crippen molar-refractivity contribution in [3.63, 3.8) is 0 Å². The Labute approximate surface area is 188 Å². The van der Waals surface area contributed by atoms with Gasteiger partial charge in [-0.2, -0.15) is 0 Å². The number of benzene rings is 2. The number of carboxylic acids is 1. The molecule has 1 fully saturated rings. The van der Waals surface area contributed by atoms with Gasteiger partial charge >= 0.3 is 6.03 Å². The molecule has 0 unspecified atom stereocenters. The molecule has 33 heavy (non-hydrogen) atoms. The summed E-state index contributed by atoms with van der Waals surface area (Å²) in [6.45, 7) is 1.44. The number of anilines is 1. The SMILES string of the molecule is Cc1cccc(NC(=O)CN2C(=O)NC(=Cc3cccn3-c3cccc(C(=O)[O-])c3)C2=O)c1. The van der Waals surface area contributed by atoms with Gasteiger partial charge in [0.15, 0.2) is 0 Å². The number of hydrogen-bond donors (Lipinski definition) is 2. The van der Waals surface area contributed by atoms with Crippen molar-refractivity contribution < 1.29 is 24.3 Å². The number of nitrogens with zero attached hydrogens (tertiary/aromatic N) is 2. The molecule has 1 aliphatic rings. The number of amides is 4. The van der Waals surface area contributed by atoms with Crippen molar-refractivity contribution in [3.8, 4) is 5.69 Å². The average Bonchev–Trinajstić information content (AvgIpc) is 3.34. The average molecular weight is 443 g/mol. The maximum Gasteiger partial charge on any atom is 0.329 e. The van der Waals surface area contributed by atoms with Crippen LogP contribution in [0.3, 0.4) is 0 Å². The van der Waals surface area contributed by atoms with E-state index in [-0.39, 0.29) is 11.3 Å². The molecule has 1 aromatic heterocycles. The third-order valence-electron chi connectivity index (χ3n) is 5.00. The minimum atomic E-state index is -1.30. The second-order valence-corrected chi connectivity index (χ2v) is 7.44. The molecule has 1 aliphatic heterocycles. The molecule has 4 rings (SSSR count). The van der Waals surface area contributed by atoms with Crippen molar-refractivity contribution in [1.29, 1.82) is 0 Å². The number of aromatic nitrogens is 1. The Bertz CT molecular complexity index is 1310. The fourth-order valence-corrected chi connectivity index (χ4v) is 3.46. The van der Waals surface area contributed by atoms with Gasteiger partial charge < -0.3 is 25.1 Å². The summed E-state index contributed by atoms with van der Waals surface area (Å²) in [5.74, 6) is -2.45. The topological polar surface area (TPSA) is 124 Å². The zero-order valence-corrected chi connectivity index (χ0v) is 17.6. The molecule has 0 bridgehead atoms. The van der Waals surface area contributed by atoms with Gasteiger partial charge in [0.05, 0.1) is 5.97 Å². The number of aryl methyl sites for hydroxylation is 1.